The lowest BCUT2D eigenvalue weighted by atomic mass is 10.1. The summed E-state index contributed by atoms with van der Waals surface area (Å²) in [7, 11) is 0. The molecule has 0 aromatic carbocycles. The quantitative estimate of drug-likeness (QED) is 0.781. The number of carbonyl (C=O) groups is 2. The van der Waals surface area contributed by atoms with Crippen LogP contribution < -0.4 is 0 Å². The second kappa shape index (κ2) is 6.04. The maximum atomic E-state index is 12.1. The number of Topliss-reactive ketones (excluding diaryl/α,β-unsaturated/α-hetero) is 1. The summed E-state index contributed by atoms with van der Waals surface area (Å²) >= 11 is 0. The molecule has 1 aliphatic rings. The third-order valence-corrected chi connectivity index (χ3v) is 3.80. The molecule has 1 aliphatic carbocycles. The first-order valence-corrected chi connectivity index (χ1v) is 7.15. The molecule has 2 rings (SSSR count). The minimum absolute atomic E-state index is 0.114. The van der Waals surface area contributed by atoms with Crippen molar-refractivity contribution in [1.82, 2.24) is 9.47 Å². The Morgan fingerprint density at radius 3 is 2.58 bits per heavy atom. The van der Waals surface area contributed by atoms with Crippen molar-refractivity contribution in [3.8, 4) is 0 Å². The molecular formula is C15H22N2O2. The van der Waals surface area contributed by atoms with E-state index in [0.29, 0.717) is 13.0 Å². The van der Waals surface area contributed by atoms with Gasteiger partial charge in [-0.2, -0.15) is 0 Å². The van der Waals surface area contributed by atoms with Gasteiger partial charge in [-0.3, -0.25) is 9.59 Å². The lowest BCUT2D eigenvalue weighted by molar-refractivity contribution is -0.131. The number of amides is 1. The molecule has 19 heavy (non-hydrogen) atoms. The first kappa shape index (κ1) is 13.8. The lowest BCUT2D eigenvalue weighted by Crippen LogP contribution is -2.33. The Kier molecular flexibility index (Phi) is 4.40. The number of hydrogen-bond acceptors (Lipinski definition) is 2. The normalized spacial score (nSPS) is 14.9. The van der Waals surface area contributed by atoms with Gasteiger partial charge in [0.1, 0.15) is 6.54 Å². The van der Waals surface area contributed by atoms with Gasteiger partial charge in [0.2, 0.25) is 5.91 Å². The molecule has 0 aliphatic heterocycles. The zero-order valence-electron chi connectivity index (χ0n) is 11.8. The molecule has 4 heteroatoms. The van der Waals surface area contributed by atoms with E-state index in [0.717, 1.165) is 43.5 Å². The minimum atomic E-state index is 0.114. The first-order valence-electron chi connectivity index (χ1n) is 7.15. The molecule has 1 heterocycles. The molecule has 1 aromatic heterocycles. The smallest absolute Gasteiger partial charge is 0.242 e. The van der Waals surface area contributed by atoms with Crippen LogP contribution in [0.3, 0.4) is 0 Å². The summed E-state index contributed by atoms with van der Waals surface area (Å²) in [5.74, 6) is 0.337. The van der Waals surface area contributed by atoms with Gasteiger partial charge in [0.15, 0.2) is 5.78 Å². The van der Waals surface area contributed by atoms with Crippen molar-refractivity contribution in [2.75, 3.05) is 13.1 Å². The van der Waals surface area contributed by atoms with Crippen molar-refractivity contribution >= 4 is 11.7 Å². The van der Waals surface area contributed by atoms with Crippen LogP contribution in [0.4, 0.5) is 0 Å². The molecule has 104 valence electrons. The van der Waals surface area contributed by atoms with E-state index in [1.807, 2.05) is 35.7 Å². The third kappa shape index (κ3) is 3.06. The van der Waals surface area contributed by atoms with Gasteiger partial charge in [0.25, 0.3) is 0 Å². The number of carbonyl (C=O) groups excluding carboxylic acids is 2. The van der Waals surface area contributed by atoms with Gasteiger partial charge in [0.05, 0.1) is 0 Å². The first-order chi connectivity index (χ1) is 9.15. The highest BCUT2D eigenvalue weighted by atomic mass is 16.2. The number of ketones is 1. The molecule has 0 radical (unpaired) electrons. The van der Waals surface area contributed by atoms with Crippen LogP contribution in [0.25, 0.3) is 0 Å². The van der Waals surface area contributed by atoms with Gasteiger partial charge < -0.3 is 9.47 Å². The third-order valence-electron chi connectivity index (χ3n) is 3.80. The molecule has 0 N–H and O–H groups in total. The average Bonchev–Trinajstić information content (AvgIpc) is 2.71. The van der Waals surface area contributed by atoms with E-state index in [4.69, 9.17) is 0 Å². The molecule has 0 atom stereocenters. The predicted molar refractivity (Wildman–Crippen MR) is 74.2 cm³/mol. The highest BCUT2D eigenvalue weighted by Crippen LogP contribution is 2.21. The summed E-state index contributed by atoms with van der Waals surface area (Å²) < 4.78 is 1.87. The van der Waals surface area contributed by atoms with Crippen LogP contribution in [-0.4, -0.2) is 34.2 Å². The van der Waals surface area contributed by atoms with E-state index in [1.165, 1.54) is 0 Å². The summed E-state index contributed by atoms with van der Waals surface area (Å²) in [5.41, 5.74) is 1.93. The Morgan fingerprint density at radius 1 is 1.21 bits per heavy atom. The summed E-state index contributed by atoms with van der Waals surface area (Å²) in [6.07, 6.45) is 7.46. The van der Waals surface area contributed by atoms with Crippen LogP contribution in [0.15, 0.2) is 12.4 Å². The Bertz CT molecular complexity index is 472. The number of rotatable bonds is 4. The van der Waals surface area contributed by atoms with Crippen molar-refractivity contribution in [3.63, 3.8) is 0 Å². The van der Waals surface area contributed by atoms with Gasteiger partial charge >= 0.3 is 0 Å². The second-order valence-electron chi connectivity index (χ2n) is 5.07. The maximum absolute atomic E-state index is 12.1. The molecule has 0 fully saturated rings. The summed E-state index contributed by atoms with van der Waals surface area (Å²) in [5, 5.41) is 0. The van der Waals surface area contributed by atoms with Gasteiger partial charge in [-0.05, 0) is 38.7 Å². The van der Waals surface area contributed by atoms with Crippen molar-refractivity contribution in [2.24, 2.45) is 0 Å². The molecule has 1 amide bonds. The predicted octanol–water partition coefficient (Wildman–Crippen LogP) is 2.27. The molecule has 0 saturated carbocycles. The van der Waals surface area contributed by atoms with E-state index in [1.54, 1.807) is 0 Å². The average molecular weight is 262 g/mol. The number of aromatic nitrogens is 1. The summed E-state index contributed by atoms with van der Waals surface area (Å²) in [4.78, 5) is 25.8. The fourth-order valence-corrected chi connectivity index (χ4v) is 2.67. The molecule has 4 nitrogen and oxygen atoms in total. The number of fused-ring (bicyclic) bond motifs is 1. The van der Waals surface area contributed by atoms with Gasteiger partial charge in [-0.1, -0.05) is 0 Å². The van der Waals surface area contributed by atoms with Crippen molar-refractivity contribution in [1.29, 1.82) is 0 Å². The standard InChI is InChI=1S/C15H22N2O2/c1-3-17(4-2)15(19)11-16-9-12-7-5-6-8-14(18)13(12)10-16/h9-10H,3-8,11H2,1-2H3. The number of likely N-dealkylation sites (N-methyl/N-ethyl adjacent to an activating group) is 1. The highest BCUT2D eigenvalue weighted by molar-refractivity contribution is 5.97. The van der Waals surface area contributed by atoms with Crippen LogP contribution in [0.5, 0.6) is 0 Å². The zero-order chi connectivity index (χ0) is 13.8. The van der Waals surface area contributed by atoms with Crippen LogP contribution in [0, 0.1) is 0 Å². The fourth-order valence-electron chi connectivity index (χ4n) is 2.67. The van der Waals surface area contributed by atoms with E-state index in [2.05, 4.69) is 0 Å². The molecule has 0 bridgehead atoms. The zero-order valence-corrected chi connectivity index (χ0v) is 11.8. The number of aryl methyl sites for hydroxylation is 1. The van der Waals surface area contributed by atoms with Crippen LogP contribution in [0.2, 0.25) is 0 Å². The monoisotopic (exact) mass is 262 g/mol. The van der Waals surface area contributed by atoms with E-state index in [-0.39, 0.29) is 11.7 Å². The van der Waals surface area contributed by atoms with E-state index < -0.39 is 0 Å². The van der Waals surface area contributed by atoms with Gasteiger partial charge in [-0.15, -0.1) is 0 Å². The van der Waals surface area contributed by atoms with E-state index >= 15 is 0 Å². The summed E-state index contributed by atoms with van der Waals surface area (Å²) in [6.45, 7) is 5.76. The fraction of sp³-hybridized carbons (Fsp3) is 0.600. The Morgan fingerprint density at radius 2 is 1.89 bits per heavy atom. The Balaban J connectivity index is 2.12. The molecule has 1 aromatic rings. The van der Waals surface area contributed by atoms with Crippen molar-refractivity contribution in [2.45, 2.75) is 46.1 Å². The molecule has 0 spiro atoms. The Hall–Kier alpha value is -1.58. The largest absolute Gasteiger partial charge is 0.344 e. The van der Waals surface area contributed by atoms with E-state index in [9.17, 15) is 9.59 Å². The minimum Gasteiger partial charge on any atom is -0.344 e. The maximum Gasteiger partial charge on any atom is 0.242 e. The van der Waals surface area contributed by atoms with Crippen molar-refractivity contribution in [3.05, 3.63) is 23.5 Å². The summed E-state index contributed by atoms with van der Waals surface area (Å²) in [6, 6.07) is 0. The molecule has 0 unspecified atom stereocenters. The topological polar surface area (TPSA) is 42.3 Å². The van der Waals surface area contributed by atoms with Crippen LogP contribution >= 0.6 is 0 Å². The lowest BCUT2D eigenvalue weighted by Gasteiger charge is -2.18. The van der Waals surface area contributed by atoms with Crippen molar-refractivity contribution < 1.29 is 9.59 Å². The van der Waals surface area contributed by atoms with Gasteiger partial charge in [0, 0.05) is 37.5 Å². The molecule has 0 saturated heterocycles. The van der Waals surface area contributed by atoms with Crippen LogP contribution in [0.1, 0.15) is 49.0 Å². The van der Waals surface area contributed by atoms with Crippen LogP contribution in [-0.2, 0) is 17.8 Å². The SMILES string of the molecule is CCN(CC)C(=O)Cn1cc2c(c1)C(=O)CCCC2. The highest BCUT2D eigenvalue weighted by Gasteiger charge is 2.19. The number of hydrogen-bond donors (Lipinski definition) is 0. The number of nitrogens with zero attached hydrogens (tertiary/aromatic N) is 2. The Labute approximate surface area is 114 Å². The van der Waals surface area contributed by atoms with Gasteiger partial charge in [-0.25, -0.2) is 0 Å². The second-order valence-corrected chi connectivity index (χ2v) is 5.07. The molecular weight excluding hydrogens is 240 g/mol.